The van der Waals surface area contributed by atoms with Gasteiger partial charge in [-0.1, -0.05) is 6.42 Å². The van der Waals surface area contributed by atoms with E-state index < -0.39 is 0 Å². The molecule has 2 heteroatoms. The van der Waals surface area contributed by atoms with E-state index in [0.29, 0.717) is 12.0 Å². The second-order valence-electron chi connectivity index (χ2n) is 3.89. The number of rotatable bonds is 2. The van der Waals surface area contributed by atoms with Gasteiger partial charge in [0.1, 0.15) is 0 Å². The Morgan fingerprint density at radius 3 is 2.45 bits per heavy atom. The molecule has 0 bridgehead atoms. The molecule has 0 radical (unpaired) electrons. The van der Waals surface area contributed by atoms with Crippen LogP contribution in [0, 0.1) is 11.8 Å². The molecule has 1 heterocycles. The van der Waals surface area contributed by atoms with Gasteiger partial charge < -0.3 is 10.5 Å². The van der Waals surface area contributed by atoms with Crippen LogP contribution in [0.25, 0.3) is 0 Å². The van der Waals surface area contributed by atoms with Crippen LogP contribution in [0.15, 0.2) is 0 Å². The van der Waals surface area contributed by atoms with Crippen molar-refractivity contribution in [3.8, 4) is 0 Å². The predicted molar refractivity (Wildman–Crippen MR) is 44.2 cm³/mol. The molecule has 2 nitrogen and oxygen atoms in total. The largest absolute Gasteiger partial charge is 0.381 e. The van der Waals surface area contributed by atoms with Crippen LogP contribution in [0.5, 0.6) is 0 Å². The molecule has 2 rings (SSSR count). The number of ether oxygens (including phenoxy) is 1. The smallest absolute Gasteiger partial charge is 0.0510 e. The molecule has 0 aromatic rings. The molecule has 1 aliphatic carbocycles. The Balaban J connectivity index is 1.82. The van der Waals surface area contributed by atoms with Gasteiger partial charge in [-0.15, -0.1) is 0 Å². The van der Waals surface area contributed by atoms with E-state index in [2.05, 4.69) is 0 Å². The fourth-order valence-corrected chi connectivity index (χ4v) is 2.07. The van der Waals surface area contributed by atoms with E-state index in [1.807, 2.05) is 0 Å². The molecule has 0 amide bonds. The van der Waals surface area contributed by atoms with Crippen molar-refractivity contribution >= 4 is 0 Å². The van der Waals surface area contributed by atoms with Crippen LogP contribution < -0.4 is 5.73 Å². The zero-order valence-corrected chi connectivity index (χ0v) is 6.96. The van der Waals surface area contributed by atoms with Crippen molar-refractivity contribution in [2.75, 3.05) is 13.2 Å². The van der Waals surface area contributed by atoms with Crippen molar-refractivity contribution in [3.05, 3.63) is 0 Å². The minimum Gasteiger partial charge on any atom is -0.381 e. The van der Waals surface area contributed by atoms with Crippen molar-refractivity contribution < 1.29 is 4.74 Å². The number of hydrogen-bond donors (Lipinski definition) is 1. The van der Waals surface area contributed by atoms with E-state index in [1.54, 1.807) is 0 Å². The van der Waals surface area contributed by atoms with Gasteiger partial charge >= 0.3 is 0 Å². The standard InChI is InChI=1S/C9H17NO/c10-9(7-2-1-3-7)8-4-5-11-6-8/h7-9H,1-6,10H2/t8-,9-/m0/s1. The monoisotopic (exact) mass is 155 g/mol. The normalized spacial score (nSPS) is 35.2. The van der Waals surface area contributed by atoms with Gasteiger partial charge in [0.25, 0.3) is 0 Å². The average molecular weight is 155 g/mol. The topological polar surface area (TPSA) is 35.2 Å². The molecule has 0 unspecified atom stereocenters. The highest BCUT2D eigenvalue weighted by Crippen LogP contribution is 2.33. The van der Waals surface area contributed by atoms with Crippen molar-refractivity contribution in [1.29, 1.82) is 0 Å². The molecular formula is C9H17NO. The molecule has 2 N–H and O–H groups in total. The van der Waals surface area contributed by atoms with Crippen molar-refractivity contribution in [3.63, 3.8) is 0 Å². The van der Waals surface area contributed by atoms with Gasteiger partial charge in [-0.2, -0.15) is 0 Å². The molecule has 1 saturated heterocycles. The second-order valence-corrected chi connectivity index (χ2v) is 3.89. The van der Waals surface area contributed by atoms with Crippen molar-refractivity contribution in [1.82, 2.24) is 0 Å². The molecule has 64 valence electrons. The summed E-state index contributed by atoms with van der Waals surface area (Å²) in [7, 11) is 0. The first kappa shape index (κ1) is 7.56. The zero-order valence-electron chi connectivity index (χ0n) is 6.96. The quantitative estimate of drug-likeness (QED) is 0.649. The second kappa shape index (κ2) is 3.11. The van der Waals surface area contributed by atoms with Gasteiger partial charge in [0, 0.05) is 12.6 Å². The predicted octanol–water partition coefficient (Wildman–Crippen LogP) is 1.15. The zero-order chi connectivity index (χ0) is 7.68. The Kier molecular flexibility index (Phi) is 2.14. The minimum absolute atomic E-state index is 0.436. The Morgan fingerprint density at radius 1 is 1.18 bits per heavy atom. The van der Waals surface area contributed by atoms with Crippen LogP contribution in [0.3, 0.4) is 0 Å². The molecule has 1 saturated carbocycles. The summed E-state index contributed by atoms with van der Waals surface area (Å²) >= 11 is 0. The summed E-state index contributed by atoms with van der Waals surface area (Å²) in [5.41, 5.74) is 6.10. The molecule has 2 fully saturated rings. The van der Waals surface area contributed by atoms with E-state index in [1.165, 1.54) is 25.7 Å². The molecule has 0 spiro atoms. The van der Waals surface area contributed by atoms with Gasteiger partial charge in [0.15, 0.2) is 0 Å². The van der Waals surface area contributed by atoms with Crippen molar-refractivity contribution in [2.45, 2.75) is 31.7 Å². The maximum absolute atomic E-state index is 6.10. The van der Waals surface area contributed by atoms with Crippen LogP contribution in [-0.4, -0.2) is 19.3 Å². The molecule has 11 heavy (non-hydrogen) atoms. The highest BCUT2D eigenvalue weighted by atomic mass is 16.5. The Labute approximate surface area is 68.1 Å². The third-order valence-corrected chi connectivity index (χ3v) is 3.20. The highest BCUT2D eigenvalue weighted by Gasteiger charge is 2.32. The first-order valence-electron chi connectivity index (χ1n) is 4.71. The first-order chi connectivity index (χ1) is 5.38. The maximum atomic E-state index is 6.10. The molecule has 2 atom stereocenters. The van der Waals surface area contributed by atoms with E-state index in [0.717, 1.165) is 19.1 Å². The van der Waals surface area contributed by atoms with Crippen LogP contribution in [0.1, 0.15) is 25.7 Å². The fourth-order valence-electron chi connectivity index (χ4n) is 2.07. The Bertz CT molecular complexity index is 128. The molecule has 0 aromatic heterocycles. The molecular weight excluding hydrogens is 138 g/mol. The third-order valence-electron chi connectivity index (χ3n) is 3.20. The van der Waals surface area contributed by atoms with Gasteiger partial charge in [-0.3, -0.25) is 0 Å². The van der Waals surface area contributed by atoms with Crippen LogP contribution in [0.4, 0.5) is 0 Å². The van der Waals surface area contributed by atoms with Crippen LogP contribution >= 0.6 is 0 Å². The summed E-state index contributed by atoms with van der Waals surface area (Å²) < 4.78 is 5.32. The summed E-state index contributed by atoms with van der Waals surface area (Å²) in [4.78, 5) is 0. The number of nitrogens with two attached hydrogens (primary N) is 1. The van der Waals surface area contributed by atoms with Crippen molar-refractivity contribution in [2.24, 2.45) is 17.6 Å². The first-order valence-corrected chi connectivity index (χ1v) is 4.71. The summed E-state index contributed by atoms with van der Waals surface area (Å²) in [5, 5.41) is 0. The lowest BCUT2D eigenvalue weighted by molar-refractivity contribution is 0.156. The summed E-state index contributed by atoms with van der Waals surface area (Å²) in [5.74, 6) is 1.49. The van der Waals surface area contributed by atoms with E-state index in [4.69, 9.17) is 10.5 Å². The average Bonchev–Trinajstić information content (AvgIpc) is 2.32. The van der Waals surface area contributed by atoms with Gasteiger partial charge in [0.05, 0.1) is 6.61 Å². The minimum atomic E-state index is 0.436. The molecule has 1 aliphatic heterocycles. The summed E-state index contributed by atoms with van der Waals surface area (Å²) in [6.07, 6.45) is 5.30. The van der Waals surface area contributed by atoms with E-state index in [9.17, 15) is 0 Å². The van der Waals surface area contributed by atoms with Gasteiger partial charge in [0.2, 0.25) is 0 Å². The lowest BCUT2D eigenvalue weighted by Gasteiger charge is -2.34. The Morgan fingerprint density at radius 2 is 2.00 bits per heavy atom. The van der Waals surface area contributed by atoms with Gasteiger partial charge in [-0.05, 0) is 31.1 Å². The number of hydrogen-bond acceptors (Lipinski definition) is 2. The van der Waals surface area contributed by atoms with Crippen LogP contribution in [-0.2, 0) is 4.74 Å². The fraction of sp³-hybridized carbons (Fsp3) is 1.00. The summed E-state index contributed by atoms with van der Waals surface area (Å²) in [6, 6.07) is 0.436. The third kappa shape index (κ3) is 1.42. The Hall–Kier alpha value is -0.0800. The highest BCUT2D eigenvalue weighted by molar-refractivity contribution is 4.86. The molecule has 2 aliphatic rings. The SMILES string of the molecule is N[C@@H](C1CCC1)[C@H]1CCOC1. The lowest BCUT2D eigenvalue weighted by atomic mass is 9.75. The van der Waals surface area contributed by atoms with E-state index >= 15 is 0 Å². The molecule has 0 aromatic carbocycles. The van der Waals surface area contributed by atoms with E-state index in [-0.39, 0.29) is 0 Å². The lowest BCUT2D eigenvalue weighted by Crippen LogP contribution is -2.41. The van der Waals surface area contributed by atoms with Gasteiger partial charge in [-0.25, -0.2) is 0 Å². The summed E-state index contributed by atoms with van der Waals surface area (Å²) in [6.45, 7) is 1.85. The maximum Gasteiger partial charge on any atom is 0.0510 e. The van der Waals surface area contributed by atoms with Crippen LogP contribution in [0.2, 0.25) is 0 Å².